The molecule has 0 aliphatic heterocycles. The van der Waals surface area contributed by atoms with Crippen molar-refractivity contribution in [2.75, 3.05) is 0 Å². The van der Waals surface area contributed by atoms with Crippen molar-refractivity contribution in [3.63, 3.8) is 0 Å². The van der Waals surface area contributed by atoms with E-state index < -0.39 is 17.3 Å². The van der Waals surface area contributed by atoms with Crippen LogP contribution in [-0.2, 0) is 9.59 Å². The molecule has 0 bridgehead atoms. The Morgan fingerprint density at radius 1 is 1.35 bits per heavy atom. The number of carbonyl (C=O) groups excluding carboxylic acids is 1. The van der Waals surface area contributed by atoms with Crippen LogP contribution in [0.25, 0.3) is 6.08 Å². The van der Waals surface area contributed by atoms with E-state index in [1.165, 1.54) is 6.92 Å². The predicted octanol–water partition coefficient (Wildman–Crippen LogP) is 2.46. The Hall–Kier alpha value is -2.10. The van der Waals surface area contributed by atoms with Crippen molar-refractivity contribution < 1.29 is 14.7 Å². The predicted molar refractivity (Wildman–Crippen MR) is 77.0 cm³/mol. The van der Waals surface area contributed by atoms with Crippen molar-refractivity contribution in [2.45, 2.75) is 32.2 Å². The highest BCUT2D eigenvalue weighted by Gasteiger charge is 2.42. The van der Waals surface area contributed by atoms with Crippen LogP contribution in [0.1, 0.15) is 31.7 Å². The van der Waals surface area contributed by atoms with Crippen LogP contribution < -0.4 is 5.32 Å². The molecule has 2 rings (SSSR count). The maximum absolute atomic E-state index is 12.1. The number of hydrogen-bond acceptors (Lipinski definition) is 2. The van der Waals surface area contributed by atoms with E-state index in [0.29, 0.717) is 0 Å². The maximum atomic E-state index is 12.1. The summed E-state index contributed by atoms with van der Waals surface area (Å²) in [5.74, 6) is -1.49. The molecule has 0 aromatic heterocycles. The van der Waals surface area contributed by atoms with Gasteiger partial charge in [-0.15, -0.1) is 0 Å². The summed E-state index contributed by atoms with van der Waals surface area (Å²) in [5, 5.41) is 12.1. The smallest absolute Gasteiger partial charge is 0.319 e. The maximum Gasteiger partial charge on any atom is 0.319 e. The standard InChI is InChI=1S/C16H19NO3/c1-16(15(19)20,14(18)17-13-9-10-13)11-5-8-12-6-3-2-4-7-12/h2-8,13H,9-11H2,1H3,(H,17,18)(H,19,20)/b8-5+. The van der Waals surface area contributed by atoms with Crippen molar-refractivity contribution in [3.8, 4) is 0 Å². The van der Waals surface area contributed by atoms with Crippen LogP contribution in [-0.4, -0.2) is 23.0 Å². The van der Waals surface area contributed by atoms with Crippen LogP contribution >= 0.6 is 0 Å². The quantitative estimate of drug-likeness (QED) is 0.782. The number of amides is 1. The van der Waals surface area contributed by atoms with E-state index in [1.807, 2.05) is 36.4 Å². The summed E-state index contributed by atoms with van der Waals surface area (Å²) in [6, 6.07) is 9.77. The number of hydrogen-bond donors (Lipinski definition) is 2. The summed E-state index contributed by atoms with van der Waals surface area (Å²) >= 11 is 0. The van der Waals surface area contributed by atoms with Crippen LogP contribution in [0.4, 0.5) is 0 Å². The summed E-state index contributed by atoms with van der Waals surface area (Å²) in [5.41, 5.74) is -0.420. The van der Waals surface area contributed by atoms with Gasteiger partial charge in [0.25, 0.3) is 0 Å². The van der Waals surface area contributed by atoms with Gasteiger partial charge in [0.15, 0.2) is 0 Å². The minimum atomic E-state index is -1.41. The number of carboxylic acids is 1. The average Bonchev–Trinajstić information content (AvgIpc) is 3.23. The highest BCUT2D eigenvalue weighted by atomic mass is 16.4. The molecule has 0 radical (unpaired) electrons. The summed E-state index contributed by atoms with van der Waals surface area (Å²) in [4.78, 5) is 23.5. The monoisotopic (exact) mass is 273 g/mol. The number of allylic oxidation sites excluding steroid dienone is 1. The first-order valence-corrected chi connectivity index (χ1v) is 6.78. The molecule has 0 spiro atoms. The minimum absolute atomic E-state index is 0.166. The lowest BCUT2D eigenvalue weighted by molar-refractivity contribution is -0.154. The largest absolute Gasteiger partial charge is 0.480 e. The number of nitrogens with one attached hydrogen (secondary N) is 1. The van der Waals surface area contributed by atoms with Crippen molar-refractivity contribution in [1.29, 1.82) is 0 Å². The Kier molecular flexibility index (Phi) is 4.23. The van der Waals surface area contributed by atoms with Gasteiger partial charge in [0, 0.05) is 6.04 Å². The molecule has 1 fully saturated rings. The second-order valence-corrected chi connectivity index (χ2v) is 5.40. The molecule has 0 heterocycles. The summed E-state index contributed by atoms with van der Waals surface area (Å²) < 4.78 is 0. The van der Waals surface area contributed by atoms with E-state index in [9.17, 15) is 14.7 Å². The Balaban J connectivity index is 2.02. The van der Waals surface area contributed by atoms with E-state index in [1.54, 1.807) is 6.08 Å². The van der Waals surface area contributed by atoms with Gasteiger partial charge in [-0.3, -0.25) is 9.59 Å². The third-order valence-corrected chi connectivity index (χ3v) is 3.52. The number of carboxylic acid groups (broad SMARTS) is 1. The zero-order valence-electron chi connectivity index (χ0n) is 11.5. The Labute approximate surface area is 118 Å². The van der Waals surface area contributed by atoms with Crippen molar-refractivity contribution in [1.82, 2.24) is 5.32 Å². The molecule has 1 aliphatic carbocycles. The minimum Gasteiger partial charge on any atom is -0.480 e. The van der Waals surface area contributed by atoms with E-state index in [0.717, 1.165) is 18.4 Å². The fraction of sp³-hybridized carbons (Fsp3) is 0.375. The second kappa shape index (κ2) is 5.90. The molecule has 1 aromatic rings. The van der Waals surface area contributed by atoms with E-state index in [4.69, 9.17) is 0 Å². The van der Waals surface area contributed by atoms with Crippen molar-refractivity contribution in [3.05, 3.63) is 42.0 Å². The highest BCUT2D eigenvalue weighted by molar-refractivity contribution is 6.01. The molecule has 4 nitrogen and oxygen atoms in total. The first-order chi connectivity index (χ1) is 9.52. The van der Waals surface area contributed by atoms with E-state index in [2.05, 4.69) is 5.32 Å². The molecule has 1 unspecified atom stereocenters. The molecule has 2 N–H and O–H groups in total. The zero-order chi connectivity index (χ0) is 14.6. The van der Waals surface area contributed by atoms with Gasteiger partial charge in [0.1, 0.15) is 5.41 Å². The van der Waals surface area contributed by atoms with Gasteiger partial charge in [-0.25, -0.2) is 0 Å². The normalized spacial score (nSPS) is 17.6. The Morgan fingerprint density at radius 3 is 2.55 bits per heavy atom. The summed E-state index contributed by atoms with van der Waals surface area (Å²) in [6.45, 7) is 1.47. The summed E-state index contributed by atoms with van der Waals surface area (Å²) in [6.07, 6.45) is 5.65. The lowest BCUT2D eigenvalue weighted by atomic mass is 9.85. The summed E-state index contributed by atoms with van der Waals surface area (Å²) in [7, 11) is 0. The van der Waals surface area contributed by atoms with Gasteiger partial charge < -0.3 is 10.4 Å². The molecule has 0 saturated heterocycles. The SMILES string of the molecule is CC(C/C=C/c1ccccc1)(C(=O)O)C(=O)NC1CC1. The van der Waals surface area contributed by atoms with Gasteiger partial charge in [0.2, 0.25) is 5.91 Å². The topological polar surface area (TPSA) is 66.4 Å². The molecule has 20 heavy (non-hydrogen) atoms. The Bertz CT molecular complexity index is 520. The van der Waals surface area contributed by atoms with Crippen LogP contribution in [0.5, 0.6) is 0 Å². The molecule has 4 heteroatoms. The second-order valence-electron chi connectivity index (χ2n) is 5.40. The van der Waals surface area contributed by atoms with E-state index in [-0.39, 0.29) is 12.5 Å². The molecule has 1 aromatic carbocycles. The van der Waals surface area contributed by atoms with Crippen LogP contribution in [0.2, 0.25) is 0 Å². The van der Waals surface area contributed by atoms with E-state index >= 15 is 0 Å². The number of aliphatic carboxylic acids is 1. The Morgan fingerprint density at radius 2 is 2.00 bits per heavy atom. The zero-order valence-corrected chi connectivity index (χ0v) is 11.5. The van der Waals surface area contributed by atoms with Crippen LogP contribution in [0.3, 0.4) is 0 Å². The fourth-order valence-electron chi connectivity index (χ4n) is 1.84. The van der Waals surface area contributed by atoms with Gasteiger partial charge in [-0.2, -0.15) is 0 Å². The third kappa shape index (κ3) is 3.47. The fourth-order valence-corrected chi connectivity index (χ4v) is 1.84. The highest BCUT2D eigenvalue weighted by Crippen LogP contribution is 2.27. The first-order valence-electron chi connectivity index (χ1n) is 6.78. The lowest BCUT2D eigenvalue weighted by Crippen LogP contribution is -2.45. The van der Waals surface area contributed by atoms with Gasteiger partial charge in [-0.1, -0.05) is 42.5 Å². The van der Waals surface area contributed by atoms with Gasteiger partial charge >= 0.3 is 5.97 Å². The molecule has 106 valence electrons. The van der Waals surface area contributed by atoms with Crippen LogP contribution in [0, 0.1) is 5.41 Å². The molecule has 1 aliphatic rings. The molecule has 1 saturated carbocycles. The molecular weight excluding hydrogens is 254 g/mol. The van der Waals surface area contributed by atoms with Gasteiger partial charge in [-0.05, 0) is 31.7 Å². The van der Waals surface area contributed by atoms with Crippen molar-refractivity contribution >= 4 is 18.0 Å². The third-order valence-electron chi connectivity index (χ3n) is 3.52. The number of benzene rings is 1. The molecule has 1 atom stereocenters. The molecule has 1 amide bonds. The first kappa shape index (κ1) is 14.3. The van der Waals surface area contributed by atoms with Gasteiger partial charge in [0.05, 0.1) is 0 Å². The molecular formula is C16H19NO3. The van der Waals surface area contributed by atoms with Crippen LogP contribution in [0.15, 0.2) is 36.4 Å². The average molecular weight is 273 g/mol. The van der Waals surface area contributed by atoms with Crippen molar-refractivity contribution in [2.24, 2.45) is 5.41 Å². The number of rotatable bonds is 6. The number of carbonyl (C=O) groups is 2. The lowest BCUT2D eigenvalue weighted by Gasteiger charge is -2.22.